The van der Waals surface area contributed by atoms with Gasteiger partial charge in [-0.05, 0) is 48.7 Å². The van der Waals surface area contributed by atoms with Crippen LogP contribution in [0.5, 0.6) is 0 Å². The average molecular weight is 390 g/mol. The van der Waals surface area contributed by atoms with Crippen LogP contribution >= 0.6 is 15.9 Å². The zero-order valence-corrected chi connectivity index (χ0v) is 15.5. The van der Waals surface area contributed by atoms with Crippen LogP contribution in [0.15, 0.2) is 46.9 Å². The molecular formula is C19H20BrNO3. The van der Waals surface area contributed by atoms with Crippen molar-refractivity contribution in [1.82, 2.24) is 5.32 Å². The van der Waals surface area contributed by atoms with Crippen molar-refractivity contribution in [2.75, 3.05) is 7.11 Å². The number of benzene rings is 2. The highest BCUT2D eigenvalue weighted by Crippen LogP contribution is 2.17. The Morgan fingerprint density at radius 1 is 1.12 bits per heavy atom. The van der Waals surface area contributed by atoms with E-state index in [-0.39, 0.29) is 5.91 Å². The molecule has 5 heteroatoms. The molecule has 1 atom stereocenters. The van der Waals surface area contributed by atoms with E-state index in [1.807, 2.05) is 38.1 Å². The predicted octanol–water partition coefficient (Wildman–Crippen LogP) is 3.58. The van der Waals surface area contributed by atoms with Crippen LogP contribution in [0.2, 0.25) is 0 Å². The highest BCUT2D eigenvalue weighted by Gasteiger charge is 2.24. The molecule has 2 aromatic rings. The van der Waals surface area contributed by atoms with E-state index < -0.39 is 12.0 Å². The van der Waals surface area contributed by atoms with Crippen LogP contribution < -0.4 is 5.32 Å². The molecule has 2 rings (SSSR count). The van der Waals surface area contributed by atoms with Crippen molar-refractivity contribution in [3.63, 3.8) is 0 Å². The van der Waals surface area contributed by atoms with Crippen LogP contribution in [0.25, 0.3) is 0 Å². The van der Waals surface area contributed by atoms with Gasteiger partial charge in [-0.1, -0.05) is 40.2 Å². The van der Waals surface area contributed by atoms with Crippen LogP contribution in [-0.2, 0) is 16.0 Å². The number of hydrogen-bond acceptors (Lipinski definition) is 3. The molecule has 4 nitrogen and oxygen atoms in total. The molecule has 0 aliphatic carbocycles. The summed E-state index contributed by atoms with van der Waals surface area (Å²) in [5, 5.41) is 2.78. The fraction of sp³-hybridized carbons (Fsp3) is 0.263. The lowest BCUT2D eigenvalue weighted by Crippen LogP contribution is -2.43. The number of ether oxygens (including phenoxy) is 1. The first-order valence-corrected chi connectivity index (χ1v) is 8.41. The molecule has 0 heterocycles. The number of esters is 1. The minimum atomic E-state index is -0.735. The Morgan fingerprint density at radius 3 is 2.33 bits per heavy atom. The Hall–Kier alpha value is -2.14. The van der Waals surface area contributed by atoms with Gasteiger partial charge < -0.3 is 10.1 Å². The maximum absolute atomic E-state index is 12.4. The number of hydrogen-bond donors (Lipinski definition) is 1. The molecule has 0 spiro atoms. The zero-order valence-electron chi connectivity index (χ0n) is 13.9. The average Bonchev–Trinajstić information content (AvgIpc) is 2.56. The molecule has 0 fully saturated rings. The Morgan fingerprint density at radius 2 is 1.75 bits per heavy atom. The summed E-state index contributed by atoms with van der Waals surface area (Å²) in [5.41, 5.74) is 3.70. The standard InChI is InChI=1S/C19H20BrNO3/c1-12-6-4-7-13(2)16(12)11-17(19(23)24-3)21-18(22)14-8-5-9-15(20)10-14/h4-10,17H,11H2,1-3H3,(H,21,22)/t17-/m1/s1. The minimum absolute atomic E-state index is 0.307. The molecule has 0 saturated heterocycles. The minimum Gasteiger partial charge on any atom is -0.467 e. The van der Waals surface area contributed by atoms with Crippen molar-refractivity contribution >= 4 is 27.8 Å². The maximum Gasteiger partial charge on any atom is 0.328 e. The summed E-state index contributed by atoms with van der Waals surface area (Å²) in [6, 6.07) is 12.3. The van der Waals surface area contributed by atoms with E-state index in [2.05, 4.69) is 21.2 Å². The maximum atomic E-state index is 12.4. The molecule has 0 aliphatic rings. The van der Waals surface area contributed by atoms with E-state index >= 15 is 0 Å². The first-order valence-electron chi connectivity index (χ1n) is 7.61. The third-order valence-electron chi connectivity index (χ3n) is 3.93. The van der Waals surface area contributed by atoms with E-state index in [0.717, 1.165) is 21.2 Å². The number of carbonyl (C=O) groups excluding carboxylic acids is 2. The molecular weight excluding hydrogens is 370 g/mol. The number of rotatable bonds is 5. The lowest BCUT2D eigenvalue weighted by molar-refractivity contribution is -0.142. The highest BCUT2D eigenvalue weighted by molar-refractivity contribution is 9.10. The Kier molecular flexibility index (Phi) is 6.15. The molecule has 1 N–H and O–H groups in total. The molecule has 0 aliphatic heterocycles. The number of amides is 1. The molecule has 1 amide bonds. The molecule has 0 unspecified atom stereocenters. The summed E-state index contributed by atoms with van der Waals surface area (Å²) in [7, 11) is 1.32. The largest absolute Gasteiger partial charge is 0.467 e. The molecule has 0 bridgehead atoms. The second kappa shape index (κ2) is 8.11. The lowest BCUT2D eigenvalue weighted by atomic mass is 9.96. The van der Waals surface area contributed by atoms with Gasteiger partial charge in [0.2, 0.25) is 0 Å². The van der Waals surface area contributed by atoms with Crippen molar-refractivity contribution in [2.45, 2.75) is 26.3 Å². The Bertz CT molecular complexity index is 738. The van der Waals surface area contributed by atoms with Gasteiger partial charge in [0.25, 0.3) is 5.91 Å². The molecule has 0 aromatic heterocycles. The summed E-state index contributed by atoms with van der Waals surface area (Å²) in [5.74, 6) is -0.765. The van der Waals surface area contributed by atoms with Crippen LogP contribution in [-0.4, -0.2) is 25.0 Å². The van der Waals surface area contributed by atoms with Crippen molar-refractivity contribution < 1.29 is 14.3 Å². The van der Waals surface area contributed by atoms with Crippen LogP contribution in [0.3, 0.4) is 0 Å². The van der Waals surface area contributed by atoms with Crippen LogP contribution in [0, 0.1) is 13.8 Å². The van der Waals surface area contributed by atoms with Crippen molar-refractivity contribution in [3.8, 4) is 0 Å². The van der Waals surface area contributed by atoms with Gasteiger partial charge in [-0.2, -0.15) is 0 Å². The molecule has 126 valence electrons. The fourth-order valence-electron chi connectivity index (χ4n) is 2.58. The monoisotopic (exact) mass is 389 g/mol. The lowest BCUT2D eigenvalue weighted by Gasteiger charge is -2.19. The Balaban J connectivity index is 2.23. The van der Waals surface area contributed by atoms with Gasteiger partial charge in [-0.15, -0.1) is 0 Å². The normalized spacial score (nSPS) is 11.7. The van der Waals surface area contributed by atoms with Crippen molar-refractivity contribution in [1.29, 1.82) is 0 Å². The predicted molar refractivity (Wildman–Crippen MR) is 97.0 cm³/mol. The second-order valence-electron chi connectivity index (χ2n) is 5.63. The van der Waals surface area contributed by atoms with Gasteiger partial charge in [0.15, 0.2) is 0 Å². The quantitative estimate of drug-likeness (QED) is 0.795. The smallest absolute Gasteiger partial charge is 0.328 e. The third-order valence-corrected chi connectivity index (χ3v) is 4.42. The zero-order chi connectivity index (χ0) is 17.7. The molecule has 24 heavy (non-hydrogen) atoms. The van der Waals surface area contributed by atoms with Crippen LogP contribution in [0.1, 0.15) is 27.0 Å². The van der Waals surface area contributed by atoms with E-state index in [4.69, 9.17) is 4.74 Å². The van der Waals surface area contributed by atoms with Gasteiger partial charge in [0, 0.05) is 16.5 Å². The van der Waals surface area contributed by atoms with E-state index in [0.29, 0.717) is 12.0 Å². The summed E-state index contributed by atoms with van der Waals surface area (Å²) in [6.45, 7) is 3.99. The molecule has 2 aromatic carbocycles. The Labute approximate surface area is 150 Å². The van der Waals surface area contributed by atoms with E-state index in [1.54, 1.807) is 18.2 Å². The second-order valence-corrected chi connectivity index (χ2v) is 6.55. The van der Waals surface area contributed by atoms with Gasteiger partial charge >= 0.3 is 5.97 Å². The SMILES string of the molecule is COC(=O)[C@@H](Cc1c(C)cccc1C)NC(=O)c1cccc(Br)c1. The summed E-state index contributed by atoms with van der Waals surface area (Å²) < 4.78 is 5.67. The number of aryl methyl sites for hydroxylation is 2. The first-order chi connectivity index (χ1) is 11.4. The van der Waals surface area contributed by atoms with E-state index in [1.165, 1.54) is 7.11 Å². The van der Waals surface area contributed by atoms with Crippen LogP contribution in [0.4, 0.5) is 0 Å². The van der Waals surface area contributed by atoms with E-state index in [9.17, 15) is 9.59 Å². The van der Waals surface area contributed by atoms with Crippen molar-refractivity contribution in [2.24, 2.45) is 0 Å². The summed E-state index contributed by atoms with van der Waals surface area (Å²) in [4.78, 5) is 24.6. The third kappa shape index (κ3) is 4.45. The van der Waals surface area contributed by atoms with Gasteiger partial charge in [-0.25, -0.2) is 4.79 Å². The fourth-order valence-corrected chi connectivity index (χ4v) is 2.98. The number of carbonyl (C=O) groups is 2. The van der Waals surface area contributed by atoms with Gasteiger partial charge in [0.1, 0.15) is 6.04 Å². The number of nitrogens with one attached hydrogen (secondary N) is 1. The van der Waals surface area contributed by atoms with Gasteiger partial charge in [-0.3, -0.25) is 4.79 Å². The first kappa shape index (κ1) is 18.2. The highest BCUT2D eigenvalue weighted by atomic mass is 79.9. The summed E-state index contributed by atoms with van der Waals surface area (Å²) in [6.07, 6.45) is 0.394. The summed E-state index contributed by atoms with van der Waals surface area (Å²) >= 11 is 3.34. The molecule has 0 saturated carbocycles. The van der Waals surface area contributed by atoms with Gasteiger partial charge in [0.05, 0.1) is 7.11 Å². The molecule has 0 radical (unpaired) electrons. The topological polar surface area (TPSA) is 55.4 Å². The van der Waals surface area contributed by atoms with Crippen molar-refractivity contribution in [3.05, 3.63) is 69.2 Å². The number of methoxy groups -OCH3 is 1. The number of halogens is 1.